The molecule has 6 nitrogen and oxygen atoms in total. The Labute approximate surface area is 173 Å². The molecule has 150 valence electrons. The first-order valence-electron chi connectivity index (χ1n) is 9.53. The molecule has 2 atom stereocenters. The van der Waals surface area contributed by atoms with Gasteiger partial charge in [0.05, 0.1) is 0 Å². The Morgan fingerprint density at radius 2 is 1.79 bits per heavy atom. The maximum Gasteiger partial charge on any atom is 0.330 e. The Morgan fingerprint density at radius 1 is 1.14 bits per heavy atom. The van der Waals surface area contributed by atoms with E-state index in [0.29, 0.717) is 18.6 Å². The molecule has 2 aliphatic rings. The highest BCUT2D eigenvalue weighted by atomic mass is 32.2. The lowest BCUT2D eigenvalue weighted by molar-refractivity contribution is -0.156. The predicted octanol–water partition coefficient (Wildman–Crippen LogP) is 2.78. The molecule has 2 amide bonds. The Hall–Kier alpha value is -2.80. The third-order valence-electron chi connectivity index (χ3n) is 5.48. The zero-order valence-electron chi connectivity index (χ0n) is 16.1. The summed E-state index contributed by atoms with van der Waals surface area (Å²) in [5.74, 6) is -0.437. The van der Waals surface area contributed by atoms with Crippen LogP contribution in [0.4, 0.5) is 5.69 Å². The smallest absolute Gasteiger partial charge is 0.330 e. The minimum absolute atomic E-state index is 0.0477. The molecule has 0 saturated carbocycles. The summed E-state index contributed by atoms with van der Waals surface area (Å²) >= 11 is 1.60. The average Bonchev–Trinajstić information content (AvgIpc) is 3.32. The van der Waals surface area contributed by atoms with Crippen molar-refractivity contribution in [3.63, 3.8) is 0 Å². The second kappa shape index (κ2) is 7.91. The van der Waals surface area contributed by atoms with Crippen LogP contribution in [0.25, 0.3) is 0 Å². The van der Waals surface area contributed by atoms with E-state index in [1.165, 1.54) is 4.90 Å². The van der Waals surface area contributed by atoms with E-state index in [1.54, 1.807) is 23.7 Å². The zero-order chi connectivity index (χ0) is 20.4. The molecule has 2 aromatic rings. The highest BCUT2D eigenvalue weighted by Gasteiger charge is 2.57. The summed E-state index contributed by atoms with van der Waals surface area (Å²) in [6.07, 6.45) is 1.07. The number of hydrogen-bond donors (Lipinski definition) is 0. The quantitative estimate of drug-likeness (QED) is 0.709. The van der Waals surface area contributed by atoms with Crippen LogP contribution in [-0.2, 0) is 24.0 Å². The molecule has 7 heteroatoms. The number of likely N-dealkylation sites (N-methyl/N-ethyl adjacent to an activating group) is 1. The molecule has 0 unspecified atom stereocenters. The second-order valence-corrected chi connectivity index (χ2v) is 8.43. The number of amides is 2. The summed E-state index contributed by atoms with van der Waals surface area (Å²) in [5.41, 5.74) is 1.74. The fourth-order valence-electron chi connectivity index (χ4n) is 3.94. The van der Waals surface area contributed by atoms with Crippen molar-refractivity contribution in [3.8, 4) is 0 Å². The molecule has 2 aromatic carbocycles. The highest BCUT2D eigenvalue weighted by molar-refractivity contribution is 8.00. The fourth-order valence-corrected chi connectivity index (χ4v) is 5.57. The molecule has 0 aliphatic carbocycles. The lowest BCUT2D eigenvalue weighted by Gasteiger charge is -2.33. The normalized spacial score (nSPS) is 23.0. The van der Waals surface area contributed by atoms with Crippen LogP contribution in [0.15, 0.2) is 60.7 Å². The van der Waals surface area contributed by atoms with E-state index in [2.05, 4.69) is 0 Å². The molecular weight excluding hydrogens is 388 g/mol. The van der Waals surface area contributed by atoms with Gasteiger partial charge in [-0.2, -0.15) is 0 Å². The number of carbonyl (C=O) groups excluding carboxylic acids is 3. The third kappa shape index (κ3) is 3.51. The molecule has 0 spiro atoms. The second-order valence-electron chi connectivity index (χ2n) is 7.14. The van der Waals surface area contributed by atoms with Crippen molar-refractivity contribution in [2.24, 2.45) is 0 Å². The molecule has 2 saturated heterocycles. The Bertz CT molecular complexity index is 921. The van der Waals surface area contributed by atoms with Crippen molar-refractivity contribution >= 4 is 35.2 Å². The molecule has 2 heterocycles. The van der Waals surface area contributed by atoms with Crippen molar-refractivity contribution < 1.29 is 19.1 Å². The minimum atomic E-state index is -0.676. The summed E-state index contributed by atoms with van der Waals surface area (Å²) in [5, 5.41) is 0. The molecule has 2 aliphatic heterocycles. The van der Waals surface area contributed by atoms with Gasteiger partial charge in [0.1, 0.15) is 10.9 Å². The summed E-state index contributed by atoms with van der Waals surface area (Å²) in [4.78, 5) is 40.4. The molecule has 2 fully saturated rings. The van der Waals surface area contributed by atoms with E-state index in [0.717, 1.165) is 11.3 Å². The summed E-state index contributed by atoms with van der Waals surface area (Å²) < 4.78 is 5.33. The van der Waals surface area contributed by atoms with E-state index in [9.17, 15) is 14.4 Å². The van der Waals surface area contributed by atoms with Gasteiger partial charge in [-0.25, -0.2) is 4.79 Å². The predicted molar refractivity (Wildman–Crippen MR) is 111 cm³/mol. The van der Waals surface area contributed by atoms with E-state index in [1.807, 2.05) is 60.7 Å². The Balaban J connectivity index is 1.44. The maximum atomic E-state index is 12.8. The zero-order valence-corrected chi connectivity index (χ0v) is 16.9. The van der Waals surface area contributed by atoms with Crippen LogP contribution in [0, 0.1) is 0 Å². The van der Waals surface area contributed by atoms with Crippen LogP contribution < -0.4 is 4.90 Å². The standard InChI is InChI=1S/C22H22N2O4S/c1-23(17-10-6-3-7-11-17)20(26)14-28-21(27)18-15-29-22(13-12-19(25)24(18)22)16-8-4-2-5-9-16/h2-11,18H,12-15H2,1H3/t18-,22-/m1/s1. The lowest BCUT2D eigenvalue weighted by atomic mass is 10.0. The number of ether oxygens (including phenoxy) is 1. The number of fused-ring (bicyclic) bond motifs is 1. The van der Waals surface area contributed by atoms with Crippen molar-refractivity contribution in [2.45, 2.75) is 23.8 Å². The first kappa shape index (κ1) is 19.5. The summed E-state index contributed by atoms with van der Waals surface area (Å²) in [6.45, 7) is -0.355. The molecule has 0 N–H and O–H groups in total. The molecule has 4 rings (SSSR count). The van der Waals surface area contributed by atoms with Gasteiger partial charge in [-0.15, -0.1) is 11.8 Å². The minimum Gasteiger partial charge on any atom is -0.454 e. The largest absolute Gasteiger partial charge is 0.454 e. The number of hydrogen-bond acceptors (Lipinski definition) is 5. The SMILES string of the molecule is CN(C(=O)COC(=O)[C@H]1CS[C@@]2(c3ccccc3)CCC(=O)N12)c1ccccc1. The van der Waals surface area contributed by atoms with Crippen LogP contribution in [0.2, 0.25) is 0 Å². The number of benzene rings is 2. The van der Waals surface area contributed by atoms with Crippen molar-refractivity contribution in [1.82, 2.24) is 4.90 Å². The first-order valence-corrected chi connectivity index (χ1v) is 10.5. The third-order valence-corrected chi connectivity index (χ3v) is 7.08. The van der Waals surface area contributed by atoms with Crippen LogP contribution in [0.1, 0.15) is 18.4 Å². The number of para-hydroxylation sites is 1. The van der Waals surface area contributed by atoms with Crippen LogP contribution >= 0.6 is 11.8 Å². The van der Waals surface area contributed by atoms with Gasteiger partial charge in [0.2, 0.25) is 5.91 Å². The van der Waals surface area contributed by atoms with E-state index in [-0.39, 0.29) is 18.4 Å². The first-order chi connectivity index (χ1) is 14.0. The number of esters is 1. The van der Waals surface area contributed by atoms with Gasteiger partial charge in [-0.3, -0.25) is 9.59 Å². The highest BCUT2D eigenvalue weighted by Crippen LogP contribution is 2.54. The summed E-state index contributed by atoms with van der Waals surface area (Å²) in [6, 6.07) is 18.3. The van der Waals surface area contributed by atoms with Crippen LogP contribution in [0.3, 0.4) is 0 Å². The van der Waals surface area contributed by atoms with Crippen LogP contribution in [-0.4, -0.2) is 48.1 Å². The number of anilines is 1. The maximum absolute atomic E-state index is 12.8. The van der Waals surface area contributed by atoms with E-state index < -0.39 is 16.9 Å². The summed E-state index contributed by atoms with van der Waals surface area (Å²) in [7, 11) is 1.64. The van der Waals surface area contributed by atoms with Gasteiger partial charge >= 0.3 is 5.97 Å². The number of rotatable bonds is 5. The van der Waals surface area contributed by atoms with Gasteiger partial charge in [0.15, 0.2) is 6.61 Å². The molecule has 0 radical (unpaired) electrons. The molecule has 0 aromatic heterocycles. The monoisotopic (exact) mass is 410 g/mol. The van der Waals surface area contributed by atoms with Gasteiger partial charge in [-0.05, 0) is 24.1 Å². The number of nitrogens with zero attached hydrogens (tertiary/aromatic N) is 2. The lowest BCUT2D eigenvalue weighted by Crippen LogP contribution is -2.47. The topological polar surface area (TPSA) is 66.9 Å². The van der Waals surface area contributed by atoms with Gasteiger partial charge in [0.25, 0.3) is 5.91 Å². The molecule has 29 heavy (non-hydrogen) atoms. The van der Waals surface area contributed by atoms with Gasteiger partial charge in [-0.1, -0.05) is 48.5 Å². The molecular formula is C22H22N2O4S. The van der Waals surface area contributed by atoms with Crippen molar-refractivity contribution in [1.29, 1.82) is 0 Å². The van der Waals surface area contributed by atoms with E-state index >= 15 is 0 Å². The fraction of sp³-hybridized carbons (Fsp3) is 0.318. The van der Waals surface area contributed by atoms with Gasteiger partial charge < -0.3 is 14.5 Å². The Kier molecular flexibility index (Phi) is 5.32. The number of thioether (sulfide) groups is 1. The molecule has 0 bridgehead atoms. The van der Waals surface area contributed by atoms with Crippen molar-refractivity contribution in [3.05, 3.63) is 66.2 Å². The number of carbonyl (C=O) groups is 3. The van der Waals surface area contributed by atoms with Crippen LogP contribution in [0.5, 0.6) is 0 Å². The van der Waals surface area contributed by atoms with E-state index in [4.69, 9.17) is 4.74 Å². The average molecular weight is 410 g/mol. The van der Waals surface area contributed by atoms with Crippen molar-refractivity contribution in [2.75, 3.05) is 24.3 Å². The Morgan fingerprint density at radius 3 is 2.48 bits per heavy atom. The van der Waals surface area contributed by atoms with Gasteiger partial charge in [0, 0.05) is 24.9 Å².